The molecule has 3 heterocycles. The van der Waals surface area contributed by atoms with Crippen LogP contribution in [0.5, 0.6) is 0 Å². The minimum absolute atomic E-state index is 0.553. The minimum atomic E-state index is 0.553. The Hall–Kier alpha value is -1.59. The number of likely N-dealkylation sites (tertiary alicyclic amines) is 1. The van der Waals surface area contributed by atoms with E-state index in [-0.39, 0.29) is 0 Å². The molecular weight excluding hydrogens is 238 g/mol. The Bertz CT molecular complexity index is 494. The lowest BCUT2D eigenvalue weighted by atomic mass is 9.96. The van der Waals surface area contributed by atoms with Crippen molar-refractivity contribution >= 4 is 0 Å². The number of nitrogens with zero attached hydrogens (tertiary/aromatic N) is 2. The van der Waals surface area contributed by atoms with Crippen molar-refractivity contribution in [3.05, 3.63) is 30.4 Å². The van der Waals surface area contributed by atoms with Gasteiger partial charge in [0.15, 0.2) is 0 Å². The van der Waals surface area contributed by atoms with Gasteiger partial charge in [0.2, 0.25) is 0 Å². The first-order valence-electron chi connectivity index (χ1n) is 6.98. The van der Waals surface area contributed by atoms with Crippen LogP contribution in [0.2, 0.25) is 0 Å². The van der Waals surface area contributed by atoms with Crippen LogP contribution in [0.1, 0.15) is 24.6 Å². The number of aromatic nitrogens is 3. The summed E-state index contributed by atoms with van der Waals surface area (Å²) in [5.74, 6) is 1.68. The molecule has 5 nitrogen and oxygen atoms in total. The third-order valence-electron chi connectivity index (χ3n) is 3.90. The van der Waals surface area contributed by atoms with Crippen LogP contribution in [0.15, 0.2) is 24.5 Å². The molecule has 0 unspecified atom stereocenters. The van der Waals surface area contributed by atoms with Crippen molar-refractivity contribution in [2.45, 2.75) is 18.8 Å². The van der Waals surface area contributed by atoms with Crippen LogP contribution in [0.25, 0.3) is 11.4 Å². The summed E-state index contributed by atoms with van der Waals surface area (Å²) in [7, 11) is 0. The topological polar surface area (TPSA) is 73.7 Å². The quantitative estimate of drug-likeness (QED) is 0.780. The van der Waals surface area contributed by atoms with E-state index < -0.39 is 0 Å². The normalized spacial score (nSPS) is 17.9. The number of rotatable bonds is 4. The fourth-order valence-electron chi connectivity index (χ4n) is 2.79. The molecule has 4 N–H and O–H groups in total. The Balaban J connectivity index is 1.64. The number of nitrogens with two attached hydrogens (primary N) is 1. The van der Waals surface area contributed by atoms with E-state index in [0.717, 1.165) is 56.2 Å². The summed E-state index contributed by atoms with van der Waals surface area (Å²) >= 11 is 0. The fourth-order valence-corrected chi connectivity index (χ4v) is 2.79. The van der Waals surface area contributed by atoms with Crippen molar-refractivity contribution in [2.24, 2.45) is 5.73 Å². The van der Waals surface area contributed by atoms with Crippen LogP contribution in [-0.4, -0.2) is 46.0 Å². The average Bonchev–Trinajstić information content (AvgIpc) is 3.11. The van der Waals surface area contributed by atoms with E-state index in [1.807, 2.05) is 18.5 Å². The monoisotopic (exact) mass is 259 g/mol. The van der Waals surface area contributed by atoms with Gasteiger partial charge in [-0.15, -0.1) is 0 Å². The molecule has 1 aliphatic rings. The third-order valence-corrected chi connectivity index (χ3v) is 3.90. The molecule has 0 bridgehead atoms. The van der Waals surface area contributed by atoms with Gasteiger partial charge in [0, 0.05) is 25.2 Å². The summed E-state index contributed by atoms with van der Waals surface area (Å²) in [6.07, 6.45) is 6.18. The lowest BCUT2D eigenvalue weighted by Crippen LogP contribution is -2.36. The standard InChI is InChI=1S/C14H21N5/c15-5-9-19-7-3-11(4-8-19)14-17-10-13(18-14)12-2-1-6-16-12/h1-2,6,10-11,16H,3-5,7-9,15H2,(H,17,18). The fraction of sp³-hybridized carbons (Fsp3) is 0.500. The van der Waals surface area contributed by atoms with E-state index in [0.29, 0.717) is 5.92 Å². The molecule has 2 aromatic rings. The second-order valence-electron chi connectivity index (χ2n) is 5.17. The average molecular weight is 259 g/mol. The van der Waals surface area contributed by atoms with E-state index in [1.54, 1.807) is 0 Å². The van der Waals surface area contributed by atoms with Crippen LogP contribution in [0, 0.1) is 0 Å². The summed E-state index contributed by atoms with van der Waals surface area (Å²) in [6.45, 7) is 4.02. The van der Waals surface area contributed by atoms with Crippen LogP contribution in [0.4, 0.5) is 0 Å². The number of H-pyrrole nitrogens is 2. The zero-order chi connectivity index (χ0) is 13.1. The zero-order valence-corrected chi connectivity index (χ0v) is 11.1. The molecule has 1 saturated heterocycles. The number of hydrogen-bond acceptors (Lipinski definition) is 3. The lowest BCUT2D eigenvalue weighted by molar-refractivity contribution is 0.215. The molecule has 19 heavy (non-hydrogen) atoms. The first-order chi connectivity index (χ1) is 9.36. The highest BCUT2D eigenvalue weighted by molar-refractivity contribution is 5.53. The number of nitrogens with one attached hydrogen (secondary N) is 2. The van der Waals surface area contributed by atoms with Crippen LogP contribution < -0.4 is 5.73 Å². The highest BCUT2D eigenvalue weighted by Crippen LogP contribution is 2.27. The molecule has 2 aromatic heterocycles. The molecule has 0 aliphatic carbocycles. The number of piperidine rings is 1. The number of imidazole rings is 1. The van der Waals surface area contributed by atoms with Crippen LogP contribution in [-0.2, 0) is 0 Å². The largest absolute Gasteiger partial charge is 0.360 e. The summed E-state index contributed by atoms with van der Waals surface area (Å²) in [5, 5.41) is 0. The van der Waals surface area contributed by atoms with Crippen molar-refractivity contribution < 1.29 is 0 Å². The molecule has 5 heteroatoms. The molecule has 1 aliphatic heterocycles. The molecule has 1 fully saturated rings. The van der Waals surface area contributed by atoms with E-state index in [1.165, 1.54) is 0 Å². The van der Waals surface area contributed by atoms with Gasteiger partial charge in [-0.2, -0.15) is 0 Å². The minimum Gasteiger partial charge on any atom is -0.360 e. The Kier molecular flexibility index (Phi) is 3.66. The summed E-state index contributed by atoms with van der Waals surface area (Å²) < 4.78 is 0. The molecular formula is C14H21N5. The third kappa shape index (κ3) is 2.72. The maximum absolute atomic E-state index is 5.60. The molecule has 0 spiro atoms. The van der Waals surface area contributed by atoms with Crippen molar-refractivity contribution in [1.82, 2.24) is 19.9 Å². The SMILES string of the molecule is NCCN1CCC(c2ncc(-c3ccc[nH]3)[nH]2)CC1. The highest BCUT2D eigenvalue weighted by atomic mass is 15.1. The van der Waals surface area contributed by atoms with Gasteiger partial charge >= 0.3 is 0 Å². The zero-order valence-electron chi connectivity index (χ0n) is 11.1. The molecule has 3 rings (SSSR count). The smallest absolute Gasteiger partial charge is 0.109 e. The van der Waals surface area contributed by atoms with Crippen molar-refractivity contribution in [2.75, 3.05) is 26.2 Å². The van der Waals surface area contributed by atoms with Crippen molar-refractivity contribution in [1.29, 1.82) is 0 Å². The van der Waals surface area contributed by atoms with Gasteiger partial charge in [-0.3, -0.25) is 0 Å². The Morgan fingerprint density at radius 2 is 2.16 bits per heavy atom. The highest BCUT2D eigenvalue weighted by Gasteiger charge is 2.22. The van der Waals surface area contributed by atoms with E-state index >= 15 is 0 Å². The second-order valence-corrected chi connectivity index (χ2v) is 5.17. The molecule has 0 saturated carbocycles. The maximum atomic E-state index is 5.60. The van der Waals surface area contributed by atoms with Gasteiger partial charge in [0.1, 0.15) is 5.82 Å². The summed E-state index contributed by atoms with van der Waals surface area (Å²) in [6, 6.07) is 4.06. The van der Waals surface area contributed by atoms with Gasteiger partial charge in [-0.05, 0) is 38.1 Å². The van der Waals surface area contributed by atoms with Gasteiger partial charge in [-0.1, -0.05) is 0 Å². The Morgan fingerprint density at radius 1 is 1.32 bits per heavy atom. The second kappa shape index (κ2) is 5.59. The predicted octanol–water partition coefficient (Wildman–Crippen LogP) is 1.54. The van der Waals surface area contributed by atoms with Gasteiger partial charge in [0.25, 0.3) is 0 Å². The molecule has 102 valence electrons. The van der Waals surface area contributed by atoms with Gasteiger partial charge < -0.3 is 20.6 Å². The van der Waals surface area contributed by atoms with Gasteiger partial charge in [0.05, 0.1) is 17.6 Å². The van der Waals surface area contributed by atoms with Crippen LogP contribution >= 0.6 is 0 Å². The Labute approximate surface area is 113 Å². The van der Waals surface area contributed by atoms with Crippen molar-refractivity contribution in [3.8, 4) is 11.4 Å². The Morgan fingerprint density at radius 3 is 2.84 bits per heavy atom. The molecule has 0 amide bonds. The van der Waals surface area contributed by atoms with E-state index in [9.17, 15) is 0 Å². The first-order valence-corrected chi connectivity index (χ1v) is 6.98. The predicted molar refractivity (Wildman–Crippen MR) is 75.8 cm³/mol. The van der Waals surface area contributed by atoms with Crippen LogP contribution in [0.3, 0.4) is 0 Å². The summed E-state index contributed by atoms with van der Waals surface area (Å²) in [4.78, 5) is 13.6. The van der Waals surface area contributed by atoms with Crippen molar-refractivity contribution in [3.63, 3.8) is 0 Å². The number of aromatic amines is 2. The number of hydrogen-bond donors (Lipinski definition) is 3. The first kappa shape index (κ1) is 12.4. The summed E-state index contributed by atoms with van der Waals surface area (Å²) in [5.41, 5.74) is 7.77. The van der Waals surface area contributed by atoms with E-state index in [4.69, 9.17) is 5.73 Å². The maximum Gasteiger partial charge on any atom is 0.109 e. The molecule has 0 radical (unpaired) electrons. The van der Waals surface area contributed by atoms with Gasteiger partial charge in [-0.25, -0.2) is 4.98 Å². The molecule has 0 aromatic carbocycles. The lowest BCUT2D eigenvalue weighted by Gasteiger charge is -2.30. The molecule has 0 atom stereocenters. The van der Waals surface area contributed by atoms with E-state index in [2.05, 4.69) is 25.9 Å².